The van der Waals surface area contributed by atoms with Gasteiger partial charge in [-0.1, -0.05) is 43.5 Å². The molecule has 0 atom stereocenters. The molecule has 3 rings (SSSR count). The minimum Gasteiger partial charge on any atom is -0.302 e. The molecule has 0 bridgehead atoms. The number of fused-ring (bicyclic) bond motifs is 1. The van der Waals surface area contributed by atoms with Crippen molar-refractivity contribution in [3.05, 3.63) is 35.4 Å². The van der Waals surface area contributed by atoms with Crippen LogP contribution in [0.3, 0.4) is 0 Å². The van der Waals surface area contributed by atoms with Crippen molar-refractivity contribution in [3.8, 4) is 0 Å². The van der Waals surface area contributed by atoms with Gasteiger partial charge in [-0.15, -0.1) is 0 Å². The molecule has 0 unspecified atom stereocenters. The van der Waals surface area contributed by atoms with Crippen LogP contribution < -0.4 is 0 Å². The van der Waals surface area contributed by atoms with E-state index in [1.165, 1.54) is 64.6 Å². The van der Waals surface area contributed by atoms with Crippen LogP contribution in [0.5, 0.6) is 0 Å². The molecule has 0 N–H and O–H groups in total. The van der Waals surface area contributed by atoms with Crippen molar-refractivity contribution in [1.82, 2.24) is 4.90 Å². The van der Waals surface area contributed by atoms with Crippen LogP contribution in [0.25, 0.3) is 0 Å². The minimum atomic E-state index is 0.498. The summed E-state index contributed by atoms with van der Waals surface area (Å²) < 4.78 is 0. The first-order chi connectivity index (χ1) is 9.81. The number of hydrogen-bond donors (Lipinski definition) is 1. The summed E-state index contributed by atoms with van der Waals surface area (Å²) >= 11 is 4.70. The molecule has 1 aromatic carbocycles. The summed E-state index contributed by atoms with van der Waals surface area (Å²) in [4.78, 5) is 2.71. The number of nitrogens with zero attached hydrogens (tertiary/aromatic N) is 1. The lowest BCUT2D eigenvalue weighted by Crippen LogP contribution is -2.41. The van der Waals surface area contributed by atoms with E-state index in [-0.39, 0.29) is 0 Å². The summed E-state index contributed by atoms with van der Waals surface area (Å²) in [5.41, 5.74) is 3.63. The van der Waals surface area contributed by atoms with Crippen molar-refractivity contribution in [2.75, 3.05) is 25.4 Å². The third-order valence-electron chi connectivity index (χ3n) is 5.32. The largest absolute Gasteiger partial charge is 0.302 e. The molecule has 20 heavy (non-hydrogen) atoms. The zero-order valence-electron chi connectivity index (χ0n) is 12.5. The summed E-state index contributed by atoms with van der Waals surface area (Å²) in [5.74, 6) is 1.07. The first kappa shape index (κ1) is 14.5. The molecule has 1 saturated carbocycles. The zero-order chi connectivity index (χ0) is 13.8. The van der Waals surface area contributed by atoms with Gasteiger partial charge in [-0.2, -0.15) is 12.6 Å². The molecule has 110 valence electrons. The van der Waals surface area contributed by atoms with Gasteiger partial charge in [0, 0.05) is 19.6 Å². The molecular weight excluding hydrogens is 262 g/mol. The Hall–Kier alpha value is -0.470. The second-order valence-corrected chi connectivity index (χ2v) is 7.08. The molecule has 1 heterocycles. The number of hydrogen-bond acceptors (Lipinski definition) is 2. The van der Waals surface area contributed by atoms with Gasteiger partial charge in [-0.3, -0.25) is 0 Å². The predicted molar refractivity (Wildman–Crippen MR) is 89.7 cm³/mol. The average Bonchev–Trinajstić information content (AvgIpc) is 2.71. The molecule has 0 radical (unpaired) electrons. The molecule has 1 nitrogen and oxygen atoms in total. The van der Waals surface area contributed by atoms with Crippen LogP contribution in [0.1, 0.15) is 43.2 Å². The lowest BCUT2D eigenvalue weighted by atomic mass is 9.75. The van der Waals surface area contributed by atoms with Crippen LogP contribution in [0, 0.1) is 5.41 Å². The van der Waals surface area contributed by atoms with E-state index in [9.17, 15) is 0 Å². The maximum absolute atomic E-state index is 4.70. The van der Waals surface area contributed by atoms with Crippen molar-refractivity contribution < 1.29 is 0 Å². The Bertz CT molecular complexity index is 410. The van der Waals surface area contributed by atoms with Crippen molar-refractivity contribution in [2.24, 2.45) is 5.41 Å². The van der Waals surface area contributed by atoms with Crippen LogP contribution in [0.4, 0.5) is 0 Å². The normalized spacial score (nSPS) is 23.1. The molecule has 0 spiro atoms. The van der Waals surface area contributed by atoms with Crippen molar-refractivity contribution in [2.45, 2.75) is 44.9 Å². The van der Waals surface area contributed by atoms with E-state index in [0.717, 1.165) is 5.75 Å². The Balaban J connectivity index is 1.64. The fourth-order valence-corrected chi connectivity index (χ4v) is 4.43. The number of thiol groups is 1. The van der Waals surface area contributed by atoms with Crippen LogP contribution in [-0.4, -0.2) is 30.3 Å². The second kappa shape index (κ2) is 6.53. The molecule has 0 saturated heterocycles. The molecule has 0 aromatic heterocycles. The van der Waals surface area contributed by atoms with Gasteiger partial charge >= 0.3 is 0 Å². The predicted octanol–water partition coefficient (Wildman–Crippen LogP) is 3.97. The van der Waals surface area contributed by atoms with Gasteiger partial charge in [0.15, 0.2) is 0 Å². The first-order valence-electron chi connectivity index (χ1n) is 8.21. The Labute approximate surface area is 129 Å². The maximum Gasteiger partial charge on any atom is 0.00460 e. The Morgan fingerprint density at radius 3 is 2.10 bits per heavy atom. The smallest absolute Gasteiger partial charge is 0.00460 e. The highest BCUT2D eigenvalue weighted by Crippen LogP contribution is 2.38. The van der Waals surface area contributed by atoms with Gasteiger partial charge in [-0.25, -0.2) is 0 Å². The van der Waals surface area contributed by atoms with Gasteiger partial charge in [0.2, 0.25) is 0 Å². The van der Waals surface area contributed by atoms with Crippen LogP contribution in [0.15, 0.2) is 24.3 Å². The van der Waals surface area contributed by atoms with E-state index in [1.54, 1.807) is 11.1 Å². The molecule has 2 heteroatoms. The molecular formula is C18H27NS. The van der Waals surface area contributed by atoms with Gasteiger partial charge in [0.25, 0.3) is 0 Å². The molecule has 1 aromatic rings. The van der Waals surface area contributed by atoms with E-state index in [4.69, 9.17) is 12.6 Å². The third-order valence-corrected chi connectivity index (χ3v) is 5.99. The van der Waals surface area contributed by atoms with Crippen LogP contribution in [0.2, 0.25) is 0 Å². The number of benzene rings is 1. The quantitative estimate of drug-likeness (QED) is 0.824. The van der Waals surface area contributed by atoms with E-state index >= 15 is 0 Å². The zero-order valence-corrected chi connectivity index (χ0v) is 13.4. The maximum atomic E-state index is 4.70. The van der Waals surface area contributed by atoms with E-state index in [2.05, 4.69) is 29.2 Å². The van der Waals surface area contributed by atoms with E-state index in [1.807, 2.05) is 0 Å². The van der Waals surface area contributed by atoms with Crippen LogP contribution >= 0.6 is 12.6 Å². The summed E-state index contributed by atoms with van der Waals surface area (Å²) in [6.45, 7) is 3.73. The van der Waals surface area contributed by atoms with Crippen molar-refractivity contribution in [3.63, 3.8) is 0 Å². The van der Waals surface area contributed by atoms with Gasteiger partial charge in [0.05, 0.1) is 0 Å². The van der Waals surface area contributed by atoms with Gasteiger partial charge in [-0.05, 0) is 48.0 Å². The Morgan fingerprint density at radius 2 is 1.55 bits per heavy atom. The first-order valence-corrected chi connectivity index (χ1v) is 8.85. The summed E-state index contributed by atoms with van der Waals surface area (Å²) in [6.07, 6.45) is 9.47. The SMILES string of the molecule is SCC1(CN2CCc3ccccc3CC2)CCCCC1. The topological polar surface area (TPSA) is 3.24 Å². The van der Waals surface area contributed by atoms with Gasteiger partial charge < -0.3 is 4.90 Å². The minimum absolute atomic E-state index is 0.498. The monoisotopic (exact) mass is 289 g/mol. The highest BCUT2D eigenvalue weighted by molar-refractivity contribution is 7.80. The molecule has 2 aliphatic rings. The van der Waals surface area contributed by atoms with E-state index < -0.39 is 0 Å². The van der Waals surface area contributed by atoms with E-state index in [0.29, 0.717) is 5.41 Å². The van der Waals surface area contributed by atoms with Gasteiger partial charge in [0.1, 0.15) is 0 Å². The highest BCUT2D eigenvalue weighted by atomic mass is 32.1. The molecule has 1 fully saturated rings. The standard InChI is InChI=1S/C18H27NS/c20-15-18(10-4-1-5-11-18)14-19-12-8-16-6-2-3-7-17(16)9-13-19/h2-3,6-7,20H,1,4-5,8-15H2. The fourth-order valence-electron chi connectivity index (χ4n) is 4.01. The summed E-state index contributed by atoms with van der Waals surface area (Å²) in [5, 5.41) is 0. The summed E-state index contributed by atoms with van der Waals surface area (Å²) in [7, 11) is 0. The van der Waals surface area contributed by atoms with Crippen molar-refractivity contribution in [1.29, 1.82) is 0 Å². The number of rotatable bonds is 3. The fraction of sp³-hybridized carbons (Fsp3) is 0.667. The molecule has 1 aliphatic heterocycles. The Kier molecular flexibility index (Phi) is 4.72. The third kappa shape index (κ3) is 3.23. The van der Waals surface area contributed by atoms with Crippen LogP contribution in [-0.2, 0) is 12.8 Å². The lowest BCUT2D eigenvalue weighted by molar-refractivity contribution is 0.129. The average molecular weight is 289 g/mol. The van der Waals surface area contributed by atoms with Crippen molar-refractivity contribution >= 4 is 12.6 Å². The highest BCUT2D eigenvalue weighted by Gasteiger charge is 2.32. The second-order valence-electron chi connectivity index (χ2n) is 6.76. The molecule has 0 amide bonds. The summed E-state index contributed by atoms with van der Waals surface area (Å²) in [6, 6.07) is 9.00. The lowest BCUT2D eigenvalue weighted by Gasteiger charge is -2.40. The molecule has 1 aliphatic carbocycles. The Morgan fingerprint density at radius 1 is 0.950 bits per heavy atom.